The molecule has 11 heteroatoms. The van der Waals surface area contributed by atoms with E-state index in [1.54, 1.807) is 21.3 Å². The van der Waals surface area contributed by atoms with Crippen LogP contribution in [-0.4, -0.2) is 70.0 Å². The molecule has 3 N–H and O–H groups in total. The first-order chi connectivity index (χ1) is 25.3. The van der Waals surface area contributed by atoms with Crippen LogP contribution in [0.5, 0.6) is 17.2 Å². The molecule has 1 aliphatic heterocycles. The maximum atomic E-state index is 14.4. The molecular weight excluding hydrogens is 669 g/mol. The maximum Gasteiger partial charge on any atom is 0.481 e. The Balaban J connectivity index is 1.22. The van der Waals surface area contributed by atoms with Crippen LogP contribution in [0.3, 0.4) is 0 Å². The molecule has 3 aromatic rings. The SMILES string of the molecule is COc1cc(C[C@H](Nc2cccc(-c3ccccc3)c2)C(=O)N[C@H](CC(C)C)C(=O)N[C@@H](C)B2O[C@@H]3C[C@@H]4C[C@@H](C4(C)C)[C@]3(C)O2)cc(OC)c1OC. The van der Waals surface area contributed by atoms with Crippen molar-refractivity contribution in [3.05, 3.63) is 72.3 Å². The summed E-state index contributed by atoms with van der Waals surface area (Å²) in [6, 6.07) is 20.2. The van der Waals surface area contributed by atoms with Gasteiger partial charge in [-0.05, 0) is 97.2 Å². The Morgan fingerprint density at radius 2 is 1.49 bits per heavy atom. The number of methoxy groups -OCH3 is 3. The Morgan fingerprint density at radius 3 is 2.11 bits per heavy atom. The van der Waals surface area contributed by atoms with E-state index in [0.29, 0.717) is 35.5 Å². The van der Waals surface area contributed by atoms with Crippen molar-refractivity contribution in [1.82, 2.24) is 10.6 Å². The van der Waals surface area contributed by atoms with Crippen molar-refractivity contribution in [3.63, 3.8) is 0 Å². The van der Waals surface area contributed by atoms with E-state index in [0.717, 1.165) is 35.2 Å². The maximum absolute atomic E-state index is 14.4. The zero-order valence-electron chi connectivity index (χ0n) is 32.7. The molecule has 4 aliphatic rings. The Morgan fingerprint density at radius 1 is 0.830 bits per heavy atom. The predicted molar refractivity (Wildman–Crippen MR) is 208 cm³/mol. The monoisotopic (exact) mass is 725 g/mol. The van der Waals surface area contributed by atoms with Gasteiger partial charge in [-0.1, -0.05) is 70.2 Å². The van der Waals surface area contributed by atoms with Crippen LogP contribution in [0.25, 0.3) is 11.1 Å². The summed E-state index contributed by atoms with van der Waals surface area (Å²) in [7, 11) is 4.12. The predicted octanol–water partition coefficient (Wildman–Crippen LogP) is 6.71. The second-order valence-corrected chi connectivity index (χ2v) is 16.2. The highest BCUT2D eigenvalue weighted by molar-refractivity contribution is 6.47. The van der Waals surface area contributed by atoms with Gasteiger partial charge >= 0.3 is 7.12 Å². The molecule has 3 aromatic carbocycles. The van der Waals surface area contributed by atoms with Crippen LogP contribution >= 0.6 is 0 Å². The lowest BCUT2D eigenvalue weighted by Crippen LogP contribution is -2.65. The van der Waals surface area contributed by atoms with Crippen molar-refractivity contribution < 1.29 is 33.1 Å². The molecule has 4 fully saturated rings. The Kier molecular flexibility index (Phi) is 11.4. The number of carbonyl (C=O) groups is 2. The Hall–Kier alpha value is -4.22. The number of benzene rings is 3. The number of amides is 2. The van der Waals surface area contributed by atoms with Crippen molar-refractivity contribution in [1.29, 1.82) is 0 Å². The molecule has 53 heavy (non-hydrogen) atoms. The largest absolute Gasteiger partial charge is 0.493 e. The first-order valence-electron chi connectivity index (χ1n) is 18.9. The Labute approximate surface area is 315 Å². The summed E-state index contributed by atoms with van der Waals surface area (Å²) in [5.41, 5.74) is 3.48. The fourth-order valence-corrected chi connectivity index (χ4v) is 8.80. The Bertz CT molecular complexity index is 1750. The molecule has 1 heterocycles. The van der Waals surface area contributed by atoms with Gasteiger partial charge in [-0.15, -0.1) is 0 Å². The standard InChI is InChI=1S/C42H56BN3O7/c1-25(2)18-32(39(47)44-26(3)43-52-37-24-30-23-36(41(30,4)5)42(37,6)53-43)46-40(48)33(19-27-20-34(49-7)38(51-9)35(21-27)50-8)45-31-17-13-16-29(22-31)28-14-11-10-12-15-28/h10-17,20-22,25-26,30,32-33,36-37,45H,18-19,23-24H2,1-9H3,(H,44,47)(H,46,48)/t26-,30-,32+,33-,36-,37+,42-/m0/s1. The van der Waals surface area contributed by atoms with Gasteiger partial charge in [0.05, 0.1) is 39.0 Å². The molecule has 0 aromatic heterocycles. The van der Waals surface area contributed by atoms with Gasteiger partial charge in [-0.25, -0.2) is 0 Å². The topological polar surface area (TPSA) is 116 Å². The molecule has 0 radical (unpaired) electrons. The highest BCUT2D eigenvalue weighted by Gasteiger charge is 2.68. The van der Waals surface area contributed by atoms with E-state index >= 15 is 0 Å². The second kappa shape index (κ2) is 15.6. The number of ether oxygens (including phenoxy) is 3. The van der Waals surface area contributed by atoms with Crippen LogP contribution in [0.2, 0.25) is 0 Å². The van der Waals surface area contributed by atoms with Gasteiger partial charge in [0.25, 0.3) is 0 Å². The molecule has 0 spiro atoms. The van der Waals surface area contributed by atoms with E-state index in [9.17, 15) is 9.59 Å². The summed E-state index contributed by atoms with van der Waals surface area (Å²) in [6.45, 7) is 12.8. The first-order valence-corrected chi connectivity index (χ1v) is 18.9. The van der Waals surface area contributed by atoms with Crippen LogP contribution in [0.4, 0.5) is 5.69 Å². The lowest BCUT2D eigenvalue weighted by atomic mass is 9.43. The summed E-state index contributed by atoms with van der Waals surface area (Å²) in [6.07, 6.45) is 2.86. The average molecular weight is 726 g/mol. The fraction of sp³-hybridized carbons (Fsp3) is 0.524. The number of nitrogens with one attached hydrogen (secondary N) is 3. The van der Waals surface area contributed by atoms with Gasteiger partial charge in [0.2, 0.25) is 17.6 Å². The van der Waals surface area contributed by atoms with E-state index in [-0.39, 0.29) is 41.3 Å². The van der Waals surface area contributed by atoms with E-state index < -0.39 is 25.1 Å². The number of anilines is 1. The first kappa shape index (κ1) is 38.5. The lowest BCUT2D eigenvalue weighted by molar-refractivity contribution is -0.199. The number of carbonyl (C=O) groups excluding carboxylic acids is 2. The summed E-state index contributed by atoms with van der Waals surface area (Å²) < 4.78 is 29.9. The summed E-state index contributed by atoms with van der Waals surface area (Å²) in [5.74, 6) is 1.64. The molecule has 0 unspecified atom stereocenters. The van der Waals surface area contributed by atoms with Crippen molar-refractivity contribution in [2.24, 2.45) is 23.2 Å². The molecule has 3 aliphatic carbocycles. The van der Waals surface area contributed by atoms with E-state index in [1.807, 2.05) is 75.4 Å². The van der Waals surface area contributed by atoms with Crippen molar-refractivity contribution in [3.8, 4) is 28.4 Å². The minimum atomic E-state index is -0.782. The fourth-order valence-electron chi connectivity index (χ4n) is 8.80. The lowest BCUT2D eigenvalue weighted by Gasteiger charge is -2.64. The molecule has 2 amide bonds. The van der Waals surface area contributed by atoms with Gasteiger partial charge in [-0.3, -0.25) is 9.59 Å². The van der Waals surface area contributed by atoms with Crippen LogP contribution in [-0.2, 0) is 25.3 Å². The summed E-state index contributed by atoms with van der Waals surface area (Å²) >= 11 is 0. The second-order valence-electron chi connectivity index (χ2n) is 16.2. The van der Waals surface area contributed by atoms with Crippen LogP contribution < -0.4 is 30.2 Å². The van der Waals surface area contributed by atoms with Crippen LogP contribution in [0, 0.1) is 23.2 Å². The van der Waals surface area contributed by atoms with Crippen LogP contribution in [0.15, 0.2) is 66.7 Å². The van der Waals surface area contributed by atoms with Gasteiger partial charge in [0, 0.05) is 12.1 Å². The highest BCUT2D eigenvalue weighted by atomic mass is 16.7. The third-order valence-corrected chi connectivity index (χ3v) is 11.9. The van der Waals surface area contributed by atoms with Crippen molar-refractivity contribution in [2.75, 3.05) is 26.6 Å². The number of rotatable bonds is 15. The summed E-state index contributed by atoms with van der Waals surface area (Å²) in [4.78, 5) is 28.4. The van der Waals surface area contributed by atoms with E-state index in [1.165, 1.54) is 0 Å². The van der Waals surface area contributed by atoms with Crippen molar-refractivity contribution in [2.45, 2.75) is 97.0 Å². The van der Waals surface area contributed by atoms with E-state index in [2.05, 4.69) is 48.9 Å². The number of hydrogen-bond acceptors (Lipinski definition) is 8. The molecule has 284 valence electrons. The van der Waals surface area contributed by atoms with E-state index in [4.69, 9.17) is 23.5 Å². The summed E-state index contributed by atoms with van der Waals surface area (Å²) in [5, 5.41) is 9.73. The average Bonchev–Trinajstić information content (AvgIpc) is 3.51. The third kappa shape index (κ3) is 7.87. The zero-order chi connectivity index (χ0) is 38.1. The molecule has 10 nitrogen and oxygen atoms in total. The molecule has 7 atom stereocenters. The zero-order valence-corrected chi connectivity index (χ0v) is 32.7. The minimum absolute atomic E-state index is 0.0113. The molecule has 2 bridgehead atoms. The molecule has 7 rings (SSSR count). The highest BCUT2D eigenvalue weighted by Crippen LogP contribution is 2.65. The molecule has 1 saturated heterocycles. The van der Waals surface area contributed by atoms with Gasteiger partial charge in [0.15, 0.2) is 11.5 Å². The minimum Gasteiger partial charge on any atom is -0.493 e. The quantitative estimate of drug-likeness (QED) is 0.148. The van der Waals surface area contributed by atoms with Gasteiger partial charge < -0.3 is 39.5 Å². The van der Waals surface area contributed by atoms with Gasteiger partial charge in [-0.2, -0.15) is 0 Å². The number of hydrogen-bond donors (Lipinski definition) is 3. The smallest absolute Gasteiger partial charge is 0.481 e. The third-order valence-electron chi connectivity index (χ3n) is 11.9. The normalized spacial score (nSPS) is 24.3. The molecular formula is C42H56BN3O7. The van der Waals surface area contributed by atoms with Crippen molar-refractivity contribution >= 4 is 24.6 Å². The molecule has 3 saturated carbocycles. The van der Waals surface area contributed by atoms with Crippen LogP contribution in [0.1, 0.15) is 66.4 Å². The van der Waals surface area contributed by atoms with Gasteiger partial charge in [0.1, 0.15) is 12.1 Å².